The number of rotatable bonds is 5. The molecule has 0 bridgehead atoms. The number of imidazole rings is 1. The summed E-state index contributed by atoms with van der Waals surface area (Å²) in [6.07, 6.45) is -0.266. The molecule has 0 unspecified atom stereocenters. The Morgan fingerprint density at radius 2 is 1.83 bits per heavy atom. The van der Waals surface area contributed by atoms with E-state index >= 15 is 0 Å². The second-order valence-corrected chi connectivity index (χ2v) is 11.0. The molecule has 3 aromatic heterocycles. The fourth-order valence-electron chi connectivity index (χ4n) is 5.52. The quantitative estimate of drug-likeness (QED) is 0.311. The number of likely N-dealkylation sites (tertiary alicyclic amines) is 1. The minimum Gasteiger partial charge on any atom is -0.399 e. The average molecular weight is 565 g/mol. The molecule has 4 heterocycles. The van der Waals surface area contributed by atoms with Gasteiger partial charge in [0.25, 0.3) is 0 Å². The van der Waals surface area contributed by atoms with Crippen molar-refractivity contribution in [2.75, 3.05) is 24.1 Å². The number of nitrogens with zero attached hydrogens (tertiary/aromatic N) is 6. The molecule has 1 aliphatic rings. The molecule has 214 valence electrons. The van der Waals surface area contributed by atoms with Gasteiger partial charge in [-0.05, 0) is 56.5 Å². The number of aryl methyl sites for hydroxylation is 1. The Labute approximate surface area is 235 Å². The van der Waals surface area contributed by atoms with E-state index < -0.39 is 23.2 Å². The highest BCUT2D eigenvalue weighted by Gasteiger charge is 2.40. The third kappa shape index (κ3) is 5.12. The zero-order valence-corrected chi connectivity index (χ0v) is 23.3. The third-order valence-electron chi connectivity index (χ3n) is 7.75. The fraction of sp³-hybridized carbons (Fsp3) is 0.414. The van der Waals surface area contributed by atoms with E-state index in [4.69, 9.17) is 5.73 Å². The van der Waals surface area contributed by atoms with Crippen LogP contribution in [0.1, 0.15) is 62.2 Å². The fourth-order valence-corrected chi connectivity index (χ4v) is 5.52. The van der Waals surface area contributed by atoms with Crippen LogP contribution in [0.5, 0.6) is 0 Å². The van der Waals surface area contributed by atoms with E-state index in [-0.39, 0.29) is 17.5 Å². The number of nitriles is 1. The van der Waals surface area contributed by atoms with Crippen molar-refractivity contribution in [2.24, 2.45) is 5.92 Å². The number of hydrogen-bond acceptors (Lipinski definition) is 7. The summed E-state index contributed by atoms with van der Waals surface area (Å²) in [5.41, 5.74) is 6.27. The lowest BCUT2D eigenvalue weighted by molar-refractivity contribution is -0.137. The summed E-state index contributed by atoms with van der Waals surface area (Å²) >= 11 is 0. The molecule has 9 nitrogen and oxygen atoms in total. The third-order valence-corrected chi connectivity index (χ3v) is 7.75. The van der Waals surface area contributed by atoms with E-state index in [1.807, 2.05) is 24.3 Å². The molecular formula is C29H31F3N8O. The number of halogens is 3. The maximum Gasteiger partial charge on any atom is 0.416 e. The number of nitrogens with two attached hydrogens (primary N) is 1. The number of piperidine rings is 1. The van der Waals surface area contributed by atoms with E-state index in [1.54, 1.807) is 31.1 Å². The standard InChI is InChI=1S/C29H31F3N8O/c1-16(2)27(41)39-8-5-28(15-33,6-9-39)23-14-22-24(37-18(4)38-25(22)40-10-7-35-26(23)40)36-17(3)19-11-20(29(30,31)32)13-21(34)12-19/h7,10-14,16-17H,5-6,8-9,34H2,1-4H3,(H,36,37,38)/t17-/m1/s1. The lowest BCUT2D eigenvalue weighted by Gasteiger charge is -2.38. The summed E-state index contributed by atoms with van der Waals surface area (Å²) < 4.78 is 42.2. The highest BCUT2D eigenvalue weighted by molar-refractivity contribution is 5.91. The second-order valence-electron chi connectivity index (χ2n) is 11.0. The zero-order valence-electron chi connectivity index (χ0n) is 23.3. The number of aromatic nitrogens is 4. The Hall–Kier alpha value is -4.40. The van der Waals surface area contributed by atoms with Gasteiger partial charge < -0.3 is 16.0 Å². The van der Waals surface area contributed by atoms with Crippen molar-refractivity contribution >= 4 is 34.1 Å². The summed E-state index contributed by atoms with van der Waals surface area (Å²) in [5.74, 6) is 0.787. The smallest absolute Gasteiger partial charge is 0.399 e. The minimum atomic E-state index is -4.54. The molecule has 3 N–H and O–H groups in total. The van der Waals surface area contributed by atoms with Crippen molar-refractivity contribution in [3.63, 3.8) is 0 Å². The molecule has 0 saturated carbocycles. The lowest BCUT2D eigenvalue weighted by atomic mass is 9.74. The van der Waals surface area contributed by atoms with Crippen LogP contribution in [0, 0.1) is 24.2 Å². The monoisotopic (exact) mass is 564 g/mol. The first kappa shape index (κ1) is 28.1. The highest BCUT2D eigenvalue weighted by atomic mass is 19.4. The molecule has 1 fully saturated rings. The molecule has 0 spiro atoms. The van der Waals surface area contributed by atoms with Crippen LogP contribution in [0.25, 0.3) is 16.7 Å². The first-order chi connectivity index (χ1) is 19.3. The largest absolute Gasteiger partial charge is 0.416 e. The number of carbonyl (C=O) groups is 1. The number of hydrogen-bond donors (Lipinski definition) is 2. The number of benzene rings is 1. The Morgan fingerprint density at radius 3 is 2.46 bits per heavy atom. The lowest BCUT2D eigenvalue weighted by Crippen LogP contribution is -2.46. The normalized spacial score (nSPS) is 16.2. The van der Waals surface area contributed by atoms with Crippen molar-refractivity contribution in [3.8, 4) is 6.07 Å². The average Bonchev–Trinajstić information content (AvgIpc) is 3.42. The maximum absolute atomic E-state index is 13.5. The topological polar surface area (TPSA) is 125 Å². The number of nitrogens with one attached hydrogen (secondary N) is 1. The molecule has 12 heteroatoms. The summed E-state index contributed by atoms with van der Waals surface area (Å²) in [6, 6.07) is 7.26. The predicted molar refractivity (Wildman–Crippen MR) is 149 cm³/mol. The van der Waals surface area contributed by atoms with Crippen LogP contribution in [0.3, 0.4) is 0 Å². The van der Waals surface area contributed by atoms with Crippen LogP contribution < -0.4 is 11.1 Å². The molecule has 1 amide bonds. The number of alkyl halides is 3. The molecule has 1 saturated heterocycles. The van der Waals surface area contributed by atoms with Crippen molar-refractivity contribution in [1.82, 2.24) is 24.3 Å². The number of anilines is 2. The van der Waals surface area contributed by atoms with Crippen molar-refractivity contribution < 1.29 is 18.0 Å². The van der Waals surface area contributed by atoms with E-state index in [1.165, 1.54) is 6.07 Å². The number of carbonyl (C=O) groups excluding carboxylic acids is 1. The number of pyridine rings is 1. The van der Waals surface area contributed by atoms with Crippen molar-refractivity contribution in [2.45, 2.75) is 58.2 Å². The van der Waals surface area contributed by atoms with Crippen LogP contribution in [-0.4, -0.2) is 43.2 Å². The zero-order chi connectivity index (χ0) is 29.7. The van der Waals surface area contributed by atoms with Crippen molar-refractivity contribution in [1.29, 1.82) is 5.26 Å². The molecule has 41 heavy (non-hydrogen) atoms. The van der Waals surface area contributed by atoms with Gasteiger partial charge in [0, 0.05) is 42.7 Å². The van der Waals surface area contributed by atoms with Crippen LogP contribution in [0.2, 0.25) is 0 Å². The van der Waals surface area contributed by atoms with Gasteiger partial charge in [-0.25, -0.2) is 15.0 Å². The highest BCUT2D eigenvalue weighted by Crippen LogP contribution is 2.40. The van der Waals surface area contributed by atoms with Gasteiger partial charge in [-0.15, -0.1) is 0 Å². The van der Waals surface area contributed by atoms with Gasteiger partial charge in [0.05, 0.1) is 28.5 Å². The molecule has 0 aliphatic carbocycles. The summed E-state index contributed by atoms with van der Waals surface area (Å²) in [7, 11) is 0. The Balaban J connectivity index is 1.60. The molecule has 5 rings (SSSR count). The van der Waals surface area contributed by atoms with Gasteiger partial charge in [0.1, 0.15) is 17.3 Å². The van der Waals surface area contributed by atoms with Crippen LogP contribution in [-0.2, 0) is 16.4 Å². The van der Waals surface area contributed by atoms with Crippen LogP contribution >= 0.6 is 0 Å². The SMILES string of the molecule is Cc1nc(N[C@H](C)c2cc(N)cc(C(F)(F)F)c2)c2cc(C3(C#N)CCN(C(=O)C(C)C)CC3)c3nccn3c2n1. The maximum atomic E-state index is 13.5. The first-order valence-corrected chi connectivity index (χ1v) is 13.4. The number of amides is 1. The number of fused-ring (bicyclic) bond motifs is 3. The summed E-state index contributed by atoms with van der Waals surface area (Å²) in [6.45, 7) is 8.06. The predicted octanol–water partition coefficient (Wildman–Crippen LogP) is 5.40. The van der Waals surface area contributed by atoms with Gasteiger partial charge in [-0.2, -0.15) is 18.4 Å². The van der Waals surface area contributed by atoms with Crippen molar-refractivity contribution in [3.05, 3.63) is 59.2 Å². The molecule has 4 aromatic rings. The van der Waals surface area contributed by atoms with Gasteiger partial charge in [-0.1, -0.05) is 13.8 Å². The number of nitrogen functional groups attached to an aromatic ring is 1. The summed E-state index contributed by atoms with van der Waals surface area (Å²) in [5, 5.41) is 14.3. The van der Waals surface area contributed by atoms with E-state index in [0.29, 0.717) is 65.4 Å². The molecular weight excluding hydrogens is 533 g/mol. The Morgan fingerprint density at radius 1 is 1.12 bits per heavy atom. The molecule has 1 atom stereocenters. The van der Waals surface area contributed by atoms with Gasteiger partial charge in [0.15, 0.2) is 5.65 Å². The van der Waals surface area contributed by atoms with Crippen LogP contribution in [0.4, 0.5) is 24.7 Å². The van der Waals surface area contributed by atoms with Gasteiger partial charge >= 0.3 is 6.18 Å². The van der Waals surface area contributed by atoms with Crippen LogP contribution in [0.15, 0.2) is 36.7 Å². The minimum absolute atomic E-state index is 0.00728. The van der Waals surface area contributed by atoms with Gasteiger partial charge in [0.2, 0.25) is 5.91 Å². The van der Waals surface area contributed by atoms with E-state index in [2.05, 4.69) is 26.3 Å². The first-order valence-electron chi connectivity index (χ1n) is 13.4. The van der Waals surface area contributed by atoms with E-state index in [9.17, 15) is 23.2 Å². The molecule has 1 aromatic carbocycles. The Kier molecular flexibility index (Phi) is 7.01. The van der Waals surface area contributed by atoms with Gasteiger partial charge in [-0.3, -0.25) is 9.20 Å². The Bertz CT molecular complexity index is 1680. The summed E-state index contributed by atoms with van der Waals surface area (Å²) in [4.78, 5) is 28.2. The van der Waals surface area contributed by atoms with E-state index in [0.717, 1.165) is 12.1 Å². The second kappa shape index (κ2) is 10.2. The molecule has 0 radical (unpaired) electrons. The molecule has 1 aliphatic heterocycles.